The average Bonchev–Trinajstić information content (AvgIpc) is 3.13. The molecule has 0 aliphatic carbocycles. The summed E-state index contributed by atoms with van der Waals surface area (Å²) < 4.78 is 5.15. The number of imide groups is 1. The van der Waals surface area contributed by atoms with Crippen LogP contribution in [0.2, 0.25) is 0 Å². The maximum Gasteiger partial charge on any atom is 0.325 e. The number of amides is 4. The third-order valence-corrected chi connectivity index (χ3v) is 6.11. The van der Waals surface area contributed by atoms with Crippen LogP contribution in [0.5, 0.6) is 5.75 Å². The van der Waals surface area contributed by atoms with Crippen molar-refractivity contribution in [3.8, 4) is 5.75 Å². The van der Waals surface area contributed by atoms with Gasteiger partial charge in [0.2, 0.25) is 5.91 Å². The highest BCUT2D eigenvalue weighted by Gasteiger charge is 2.49. The first kappa shape index (κ1) is 21.4. The van der Waals surface area contributed by atoms with E-state index in [-0.39, 0.29) is 24.9 Å². The second-order valence-electron chi connectivity index (χ2n) is 7.94. The molecule has 2 N–H and O–H groups in total. The summed E-state index contributed by atoms with van der Waals surface area (Å²) in [5, 5.41) is 6.27. The SMILES string of the molecule is COc1ccc(C2(C)NC(=O)N(CC(=O)N3CCC4CCC(C3)N4)C2=O)cc1.Cl. The van der Waals surface area contributed by atoms with Crippen molar-refractivity contribution < 1.29 is 19.1 Å². The molecular formula is C20H27ClN4O4. The van der Waals surface area contributed by atoms with Crippen molar-refractivity contribution in [3.63, 3.8) is 0 Å². The second kappa shape index (κ2) is 8.20. The van der Waals surface area contributed by atoms with E-state index < -0.39 is 17.5 Å². The van der Waals surface area contributed by atoms with E-state index in [0.717, 1.165) is 24.2 Å². The van der Waals surface area contributed by atoms with Crippen LogP contribution in [-0.2, 0) is 15.1 Å². The first-order valence-electron chi connectivity index (χ1n) is 9.73. The summed E-state index contributed by atoms with van der Waals surface area (Å²) in [6, 6.07) is 7.23. The smallest absolute Gasteiger partial charge is 0.325 e. The van der Waals surface area contributed by atoms with Gasteiger partial charge in [0.1, 0.15) is 17.8 Å². The quantitative estimate of drug-likeness (QED) is 0.712. The molecule has 3 heterocycles. The fourth-order valence-corrected chi connectivity index (χ4v) is 4.37. The number of nitrogens with zero attached hydrogens (tertiary/aromatic N) is 2. The Hall–Kier alpha value is -2.32. The van der Waals surface area contributed by atoms with Crippen LogP contribution in [0.25, 0.3) is 0 Å². The Morgan fingerprint density at radius 2 is 1.86 bits per heavy atom. The normalized spacial score (nSPS) is 28.6. The topological polar surface area (TPSA) is 91.0 Å². The molecule has 8 nitrogen and oxygen atoms in total. The molecule has 9 heteroatoms. The molecule has 3 aliphatic heterocycles. The minimum absolute atomic E-state index is 0. The van der Waals surface area contributed by atoms with Gasteiger partial charge in [-0.25, -0.2) is 4.79 Å². The van der Waals surface area contributed by atoms with Crippen LogP contribution in [0.15, 0.2) is 24.3 Å². The minimum Gasteiger partial charge on any atom is -0.497 e. The summed E-state index contributed by atoms with van der Waals surface area (Å²) in [7, 11) is 1.57. The monoisotopic (exact) mass is 422 g/mol. The lowest BCUT2D eigenvalue weighted by molar-refractivity contribution is -0.139. The summed E-state index contributed by atoms with van der Waals surface area (Å²) in [6.45, 7) is 2.73. The van der Waals surface area contributed by atoms with E-state index in [4.69, 9.17) is 4.74 Å². The van der Waals surface area contributed by atoms with Gasteiger partial charge in [-0.3, -0.25) is 14.5 Å². The number of hydrogen-bond donors (Lipinski definition) is 2. The van der Waals surface area contributed by atoms with Gasteiger partial charge in [-0.05, 0) is 43.9 Å². The molecular weight excluding hydrogens is 396 g/mol. The van der Waals surface area contributed by atoms with Crippen LogP contribution in [-0.4, -0.2) is 66.5 Å². The van der Waals surface area contributed by atoms with E-state index in [1.807, 2.05) is 0 Å². The number of halogens is 1. The van der Waals surface area contributed by atoms with Gasteiger partial charge in [-0.2, -0.15) is 0 Å². The molecule has 1 aromatic rings. The summed E-state index contributed by atoms with van der Waals surface area (Å²) in [5.74, 6) is 0.0718. The molecule has 0 saturated carbocycles. The second-order valence-corrected chi connectivity index (χ2v) is 7.94. The highest BCUT2D eigenvalue weighted by molar-refractivity contribution is 6.09. The number of carbonyl (C=O) groups is 3. The van der Waals surface area contributed by atoms with Crippen molar-refractivity contribution in [1.29, 1.82) is 0 Å². The van der Waals surface area contributed by atoms with E-state index in [9.17, 15) is 14.4 Å². The standard InChI is InChI=1S/C20H26N4O4.ClH/c1-20(13-3-7-16(28-2)8-4-13)18(26)24(19(27)22-20)12-17(25)23-10-9-14-5-6-15(11-23)21-14;/h3-4,7-8,14-15,21H,5-6,9-12H2,1-2H3,(H,22,27);1H. The van der Waals surface area contributed by atoms with Crippen LogP contribution < -0.4 is 15.4 Å². The molecule has 1 aromatic carbocycles. The lowest BCUT2D eigenvalue weighted by Gasteiger charge is -2.26. The molecule has 3 unspecified atom stereocenters. The number of fused-ring (bicyclic) bond motifs is 2. The van der Waals surface area contributed by atoms with Gasteiger partial charge in [0.15, 0.2) is 0 Å². The Balaban J connectivity index is 0.00000240. The van der Waals surface area contributed by atoms with Crippen molar-refractivity contribution >= 4 is 30.3 Å². The molecule has 3 aliphatic rings. The number of nitrogens with one attached hydrogen (secondary N) is 2. The van der Waals surface area contributed by atoms with Crippen LogP contribution in [0, 0.1) is 0 Å². The van der Waals surface area contributed by atoms with Crippen molar-refractivity contribution in [3.05, 3.63) is 29.8 Å². The summed E-state index contributed by atoms with van der Waals surface area (Å²) in [6.07, 6.45) is 3.12. The highest BCUT2D eigenvalue weighted by atomic mass is 35.5. The maximum atomic E-state index is 13.0. The Kier molecular flexibility index (Phi) is 6.05. The number of likely N-dealkylation sites (tertiary alicyclic amines) is 1. The third kappa shape index (κ3) is 3.91. The van der Waals surface area contributed by atoms with Crippen LogP contribution in [0.3, 0.4) is 0 Å². The Bertz CT molecular complexity index is 802. The molecule has 3 fully saturated rings. The van der Waals surface area contributed by atoms with Gasteiger partial charge < -0.3 is 20.3 Å². The van der Waals surface area contributed by atoms with Gasteiger partial charge in [0.25, 0.3) is 5.91 Å². The summed E-state index contributed by atoms with van der Waals surface area (Å²) in [5.41, 5.74) is -0.541. The van der Waals surface area contributed by atoms with Crippen LogP contribution >= 0.6 is 12.4 Å². The molecule has 4 amide bonds. The predicted molar refractivity (Wildman–Crippen MR) is 109 cm³/mol. The van der Waals surface area contributed by atoms with E-state index in [1.54, 1.807) is 43.2 Å². The molecule has 0 aromatic heterocycles. The number of ether oxygens (including phenoxy) is 1. The lowest BCUT2D eigenvalue weighted by Crippen LogP contribution is -2.46. The average molecular weight is 423 g/mol. The Morgan fingerprint density at radius 1 is 1.17 bits per heavy atom. The van der Waals surface area contributed by atoms with Crippen LogP contribution in [0.4, 0.5) is 4.79 Å². The zero-order valence-corrected chi connectivity index (χ0v) is 17.5. The maximum absolute atomic E-state index is 13.0. The zero-order chi connectivity index (χ0) is 19.9. The Labute approximate surface area is 176 Å². The van der Waals surface area contributed by atoms with Gasteiger partial charge in [-0.1, -0.05) is 12.1 Å². The van der Waals surface area contributed by atoms with E-state index in [2.05, 4.69) is 10.6 Å². The number of hydrogen-bond acceptors (Lipinski definition) is 5. The van der Waals surface area contributed by atoms with Gasteiger partial charge >= 0.3 is 6.03 Å². The summed E-state index contributed by atoms with van der Waals surface area (Å²) >= 11 is 0. The van der Waals surface area contributed by atoms with Crippen LogP contribution in [0.1, 0.15) is 31.7 Å². The van der Waals surface area contributed by atoms with E-state index in [0.29, 0.717) is 36.5 Å². The fraction of sp³-hybridized carbons (Fsp3) is 0.550. The van der Waals surface area contributed by atoms with Crippen molar-refractivity contribution in [1.82, 2.24) is 20.4 Å². The molecule has 3 saturated heterocycles. The van der Waals surface area contributed by atoms with Gasteiger partial charge in [0.05, 0.1) is 7.11 Å². The molecule has 2 bridgehead atoms. The number of rotatable bonds is 4. The van der Waals surface area contributed by atoms with Gasteiger partial charge in [-0.15, -0.1) is 12.4 Å². The largest absolute Gasteiger partial charge is 0.497 e. The number of methoxy groups -OCH3 is 1. The number of carbonyl (C=O) groups excluding carboxylic acids is 3. The Morgan fingerprint density at radius 3 is 2.55 bits per heavy atom. The lowest BCUT2D eigenvalue weighted by atomic mass is 9.92. The van der Waals surface area contributed by atoms with Crippen molar-refractivity contribution in [2.75, 3.05) is 26.7 Å². The molecule has 0 spiro atoms. The molecule has 0 radical (unpaired) electrons. The minimum atomic E-state index is -1.19. The third-order valence-electron chi connectivity index (χ3n) is 6.11. The molecule has 3 atom stereocenters. The van der Waals surface area contributed by atoms with Crippen molar-refractivity contribution in [2.24, 2.45) is 0 Å². The van der Waals surface area contributed by atoms with Crippen molar-refractivity contribution in [2.45, 2.75) is 43.8 Å². The van der Waals surface area contributed by atoms with Gasteiger partial charge in [0, 0.05) is 25.2 Å². The first-order valence-corrected chi connectivity index (χ1v) is 9.73. The fourth-order valence-electron chi connectivity index (χ4n) is 4.37. The van der Waals surface area contributed by atoms with E-state index in [1.165, 1.54) is 0 Å². The highest BCUT2D eigenvalue weighted by Crippen LogP contribution is 2.30. The molecule has 4 rings (SSSR count). The first-order chi connectivity index (χ1) is 13.4. The predicted octanol–water partition coefficient (Wildman–Crippen LogP) is 1.24. The molecule has 29 heavy (non-hydrogen) atoms. The summed E-state index contributed by atoms with van der Waals surface area (Å²) in [4.78, 5) is 41.2. The van der Waals surface area contributed by atoms with E-state index >= 15 is 0 Å². The number of urea groups is 1. The zero-order valence-electron chi connectivity index (χ0n) is 16.6. The molecule has 158 valence electrons. The number of benzene rings is 1.